The highest BCUT2D eigenvalue weighted by Gasteiger charge is 2.29. The molecule has 0 spiro atoms. The van der Waals surface area contributed by atoms with Crippen LogP contribution in [0.2, 0.25) is 0 Å². The van der Waals surface area contributed by atoms with Gasteiger partial charge in [-0.1, -0.05) is 0 Å². The number of carboxylic acids is 1. The minimum absolute atomic E-state index is 0.0281. The molecule has 1 aromatic rings. The van der Waals surface area contributed by atoms with Gasteiger partial charge in [0.15, 0.2) is 0 Å². The predicted octanol–water partition coefficient (Wildman–Crippen LogP) is 0.437. The number of carboxylic acid groups (broad SMARTS) is 1. The standard InChI is InChI=1S/C15H15N3O5/c19-12(7-8-13(20)21)17-18-15(23)10-3-5-11(6-4-10)16-14(22)9-1-2-9/h3-9H,1-2H2,(H,16,22)(H,17,19)(H,18,23)(H,20,21). The van der Waals surface area contributed by atoms with Crippen LogP contribution in [0.25, 0.3) is 0 Å². The lowest BCUT2D eigenvalue weighted by molar-refractivity contribution is -0.131. The van der Waals surface area contributed by atoms with Gasteiger partial charge in [0.2, 0.25) is 5.91 Å². The molecule has 0 atom stereocenters. The highest BCUT2D eigenvalue weighted by Crippen LogP contribution is 2.30. The van der Waals surface area contributed by atoms with E-state index in [0.717, 1.165) is 18.9 Å². The number of nitrogens with one attached hydrogen (secondary N) is 3. The van der Waals surface area contributed by atoms with Gasteiger partial charge < -0.3 is 10.4 Å². The third kappa shape index (κ3) is 5.27. The van der Waals surface area contributed by atoms with Crippen LogP contribution in [0.4, 0.5) is 5.69 Å². The Morgan fingerprint density at radius 2 is 1.65 bits per heavy atom. The van der Waals surface area contributed by atoms with Crippen LogP contribution >= 0.6 is 0 Å². The predicted molar refractivity (Wildman–Crippen MR) is 80.2 cm³/mol. The summed E-state index contributed by atoms with van der Waals surface area (Å²) in [7, 11) is 0. The fraction of sp³-hybridized carbons (Fsp3) is 0.200. The number of aliphatic carboxylic acids is 1. The smallest absolute Gasteiger partial charge is 0.328 e. The first-order valence-electron chi connectivity index (χ1n) is 6.88. The van der Waals surface area contributed by atoms with Crippen LogP contribution < -0.4 is 16.2 Å². The molecule has 0 aliphatic heterocycles. The fourth-order valence-corrected chi connectivity index (χ4v) is 1.67. The summed E-state index contributed by atoms with van der Waals surface area (Å²) in [6, 6.07) is 6.16. The quantitative estimate of drug-likeness (QED) is 0.463. The number of carbonyl (C=O) groups excluding carboxylic acids is 3. The number of carbonyl (C=O) groups is 4. The highest BCUT2D eigenvalue weighted by atomic mass is 16.4. The van der Waals surface area contributed by atoms with Crippen molar-refractivity contribution in [3.63, 3.8) is 0 Å². The molecule has 1 aliphatic carbocycles. The molecule has 1 fully saturated rings. The Balaban J connectivity index is 1.83. The van der Waals surface area contributed by atoms with Crippen molar-refractivity contribution in [3.8, 4) is 0 Å². The summed E-state index contributed by atoms with van der Waals surface area (Å²) in [5, 5.41) is 11.1. The summed E-state index contributed by atoms with van der Waals surface area (Å²) in [5.74, 6) is -2.54. The van der Waals surface area contributed by atoms with E-state index in [9.17, 15) is 19.2 Å². The molecule has 0 heterocycles. The van der Waals surface area contributed by atoms with Crippen molar-refractivity contribution in [3.05, 3.63) is 42.0 Å². The van der Waals surface area contributed by atoms with Gasteiger partial charge in [0.05, 0.1) is 0 Å². The van der Waals surface area contributed by atoms with E-state index in [1.54, 1.807) is 12.1 Å². The average molecular weight is 317 g/mol. The molecule has 1 saturated carbocycles. The number of hydrogen-bond acceptors (Lipinski definition) is 4. The van der Waals surface area contributed by atoms with E-state index in [4.69, 9.17) is 5.11 Å². The van der Waals surface area contributed by atoms with E-state index < -0.39 is 17.8 Å². The molecule has 2 rings (SSSR count). The lowest BCUT2D eigenvalue weighted by Crippen LogP contribution is -2.40. The van der Waals surface area contributed by atoms with Crippen molar-refractivity contribution in [2.24, 2.45) is 5.92 Å². The Labute approximate surface area is 131 Å². The first-order chi connectivity index (χ1) is 11.0. The lowest BCUT2D eigenvalue weighted by Gasteiger charge is -2.07. The maximum atomic E-state index is 11.8. The second-order valence-electron chi connectivity index (χ2n) is 4.96. The minimum Gasteiger partial charge on any atom is -0.478 e. The maximum Gasteiger partial charge on any atom is 0.328 e. The van der Waals surface area contributed by atoms with Crippen molar-refractivity contribution in [1.29, 1.82) is 0 Å². The van der Waals surface area contributed by atoms with Gasteiger partial charge in [-0.05, 0) is 37.1 Å². The Morgan fingerprint density at radius 3 is 2.22 bits per heavy atom. The van der Waals surface area contributed by atoms with E-state index in [1.165, 1.54) is 12.1 Å². The van der Waals surface area contributed by atoms with Gasteiger partial charge in [0, 0.05) is 29.3 Å². The summed E-state index contributed by atoms with van der Waals surface area (Å²) in [5.41, 5.74) is 5.05. The molecular weight excluding hydrogens is 302 g/mol. The van der Waals surface area contributed by atoms with Crippen molar-refractivity contribution in [2.75, 3.05) is 5.32 Å². The molecule has 1 aromatic carbocycles. The first kappa shape index (κ1) is 16.2. The minimum atomic E-state index is -1.27. The average Bonchev–Trinajstić information content (AvgIpc) is 3.36. The number of hydrazine groups is 1. The van der Waals surface area contributed by atoms with Crippen LogP contribution in [0, 0.1) is 5.92 Å². The number of rotatable bonds is 5. The molecule has 0 radical (unpaired) electrons. The van der Waals surface area contributed by atoms with E-state index in [1.807, 2.05) is 5.43 Å². The number of hydrogen-bond donors (Lipinski definition) is 4. The highest BCUT2D eigenvalue weighted by molar-refractivity contribution is 5.99. The van der Waals surface area contributed by atoms with Crippen molar-refractivity contribution < 1.29 is 24.3 Å². The van der Waals surface area contributed by atoms with E-state index in [0.29, 0.717) is 11.8 Å². The Morgan fingerprint density at radius 1 is 1.00 bits per heavy atom. The third-order valence-corrected chi connectivity index (χ3v) is 3.04. The van der Waals surface area contributed by atoms with E-state index >= 15 is 0 Å². The van der Waals surface area contributed by atoms with Gasteiger partial charge in [0.25, 0.3) is 11.8 Å². The van der Waals surface area contributed by atoms with Gasteiger partial charge in [-0.3, -0.25) is 25.2 Å². The van der Waals surface area contributed by atoms with Crippen molar-refractivity contribution in [2.45, 2.75) is 12.8 Å². The number of amides is 3. The Bertz CT molecular complexity index is 662. The zero-order chi connectivity index (χ0) is 16.8. The lowest BCUT2D eigenvalue weighted by atomic mass is 10.2. The van der Waals surface area contributed by atoms with Gasteiger partial charge in [-0.25, -0.2) is 4.79 Å². The molecule has 1 aliphatic rings. The summed E-state index contributed by atoms with van der Waals surface area (Å²) in [6.45, 7) is 0. The SMILES string of the molecule is O=C(O)C=CC(=O)NNC(=O)c1ccc(NC(=O)C2CC2)cc1. The molecule has 120 valence electrons. The second-order valence-corrected chi connectivity index (χ2v) is 4.96. The van der Waals surface area contributed by atoms with Crippen LogP contribution in [0.5, 0.6) is 0 Å². The summed E-state index contributed by atoms with van der Waals surface area (Å²) in [6.07, 6.45) is 3.24. The van der Waals surface area contributed by atoms with Gasteiger partial charge in [-0.15, -0.1) is 0 Å². The molecule has 0 saturated heterocycles. The van der Waals surface area contributed by atoms with Crippen LogP contribution in [0.3, 0.4) is 0 Å². The largest absolute Gasteiger partial charge is 0.478 e. The molecule has 8 heteroatoms. The molecule has 0 aromatic heterocycles. The first-order valence-corrected chi connectivity index (χ1v) is 6.88. The topological polar surface area (TPSA) is 125 Å². The van der Waals surface area contributed by atoms with Gasteiger partial charge in [-0.2, -0.15) is 0 Å². The van der Waals surface area contributed by atoms with Crippen LogP contribution in [0.1, 0.15) is 23.2 Å². The molecule has 0 unspecified atom stereocenters. The van der Waals surface area contributed by atoms with E-state index in [2.05, 4.69) is 10.7 Å². The fourth-order valence-electron chi connectivity index (χ4n) is 1.67. The Hall–Kier alpha value is -3.16. The Kier molecular flexibility index (Phi) is 5.08. The van der Waals surface area contributed by atoms with Crippen LogP contribution in [0.15, 0.2) is 36.4 Å². The van der Waals surface area contributed by atoms with Gasteiger partial charge in [0.1, 0.15) is 0 Å². The van der Waals surface area contributed by atoms with E-state index in [-0.39, 0.29) is 17.4 Å². The zero-order valence-corrected chi connectivity index (χ0v) is 12.0. The second kappa shape index (κ2) is 7.21. The van der Waals surface area contributed by atoms with Crippen LogP contribution in [-0.2, 0) is 14.4 Å². The molecule has 23 heavy (non-hydrogen) atoms. The maximum absolute atomic E-state index is 11.8. The van der Waals surface area contributed by atoms with Crippen molar-refractivity contribution in [1.82, 2.24) is 10.9 Å². The number of benzene rings is 1. The third-order valence-electron chi connectivity index (χ3n) is 3.04. The van der Waals surface area contributed by atoms with Gasteiger partial charge >= 0.3 is 5.97 Å². The summed E-state index contributed by atoms with van der Waals surface area (Å²) in [4.78, 5) is 44.8. The zero-order valence-electron chi connectivity index (χ0n) is 12.0. The summed E-state index contributed by atoms with van der Waals surface area (Å²) >= 11 is 0. The number of anilines is 1. The normalized spacial score (nSPS) is 13.4. The monoisotopic (exact) mass is 317 g/mol. The summed E-state index contributed by atoms with van der Waals surface area (Å²) < 4.78 is 0. The molecule has 8 nitrogen and oxygen atoms in total. The van der Waals surface area contributed by atoms with Crippen molar-refractivity contribution >= 4 is 29.4 Å². The molecule has 0 bridgehead atoms. The molecule has 3 amide bonds. The molecule has 4 N–H and O–H groups in total. The van der Waals surface area contributed by atoms with Crippen LogP contribution in [-0.4, -0.2) is 28.8 Å². The molecular formula is C15H15N3O5.